The summed E-state index contributed by atoms with van der Waals surface area (Å²) in [6.45, 7) is 7.79. The Morgan fingerprint density at radius 1 is 1.30 bits per heavy atom. The zero-order chi connectivity index (χ0) is 17.6. The first kappa shape index (κ1) is 17.8. The maximum absolute atomic E-state index is 13.0. The summed E-state index contributed by atoms with van der Waals surface area (Å²) in [6.07, 6.45) is 0.595. The highest BCUT2D eigenvalue weighted by molar-refractivity contribution is 7.89. The molecule has 1 fully saturated rings. The minimum Gasteiger partial charge on any atom is -0.327 e. The number of piperidine rings is 1. The van der Waals surface area contributed by atoms with Crippen molar-refractivity contribution >= 4 is 15.7 Å². The SMILES string of the molecule is Cc1cc([N+](=O)[O-])cc(C)c1S(=O)(=O)N1CCC(N)C(C)(C)C1. The molecule has 23 heavy (non-hydrogen) atoms. The number of rotatable bonds is 3. The van der Waals surface area contributed by atoms with Crippen LogP contribution in [0.1, 0.15) is 31.4 Å². The van der Waals surface area contributed by atoms with E-state index in [1.165, 1.54) is 16.4 Å². The first-order chi connectivity index (χ1) is 10.5. The van der Waals surface area contributed by atoms with Gasteiger partial charge in [0.05, 0.1) is 9.82 Å². The monoisotopic (exact) mass is 341 g/mol. The van der Waals surface area contributed by atoms with E-state index in [-0.39, 0.29) is 22.0 Å². The Kier molecular flexibility index (Phi) is 4.53. The molecule has 1 heterocycles. The Labute approximate surface area is 136 Å². The van der Waals surface area contributed by atoms with E-state index in [0.29, 0.717) is 30.6 Å². The normalized spacial score (nSPS) is 22.0. The van der Waals surface area contributed by atoms with Crippen molar-refractivity contribution in [2.75, 3.05) is 13.1 Å². The van der Waals surface area contributed by atoms with Crippen LogP contribution in [0.2, 0.25) is 0 Å². The molecule has 1 unspecified atom stereocenters. The lowest BCUT2D eigenvalue weighted by molar-refractivity contribution is -0.385. The molecular formula is C15H23N3O4S. The molecule has 1 aromatic rings. The lowest BCUT2D eigenvalue weighted by Crippen LogP contribution is -2.54. The van der Waals surface area contributed by atoms with Gasteiger partial charge < -0.3 is 5.73 Å². The molecule has 0 radical (unpaired) electrons. The fraction of sp³-hybridized carbons (Fsp3) is 0.600. The predicted molar refractivity (Wildman–Crippen MR) is 87.7 cm³/mol. The third-order valence-electron chi connectivity index (χ3n) is 4.53. The van der Waals surface area contributed by atoms with Gasteiger partial charge in [-0.3, -0.25) is 10.1 Å². The topological polar surface area (TPSA) is 107 Å². The summed E-state index contributed by atoms with van der Waals surface area (Å²) in [5.41, 5.74) is 6.45. The summed E-state index contributed by atoms with van der Waals surface area (Å²) in [5.74, 6) is 0. The molecule has 0 saturated carbocycles. The number of nitrogens with two attached hydrogens (primary N) is 1. The van der Waals surface area contributed by atoms with Gasteiger partial charge in [-0.15, -0.1) is 0 Å². The minimum absolute atomic E-state index is 0.0481. The van der Waals surface area contributed by atoms with Crippen molar-refractivity contribution in [3.05, 3.63) is 33.4 Å². The van der Waals surface area contributed by atoms with Gasteiger partial charge in [0.2, 0.25) is 10.0 Å². The predicted octanol–water partition coefficient (Wildman–Crippen LogP) is 1.96. The van der Waals surface area contributed by atoms with E-state index in [1.54, 1.807) is 13.8 Å². The van der Waals surface area contributed by atoms with Crippen molar-refractivity contribution < 1.29 is 13.3 Å². The van der Waals surface area contributed by atoms with Gasteiger partial charge >= 0.3 is 0 Å². The van der Waals surface area contributed by atoms with Crippen LogP contribution < -0.4 is 5.73 Å². The van der Waals surface area contributed by atoms with Gasteiger partial charge in [0.25, 0.3) is 5.69 Å². The molecule has 0 bridgehead atoms. The highest BCUT2D eigenvalue weighted by atomic mass is 32.2. The van der Waals surface area contributed by atoms with Gasteiger partial charge in [0.15, 0.2) is 0 Å². The van der Waals surface area contributed by atoms with E-state index in [4.69, 9.17) is 5.73 Å². The molecule has 0 amide bonds. The number of nitro groups is 1. The molecule has 1 aliphatic rings. The van der Waals surface area contributed by atoms with E-state index in [1.807, 2.05) is 13.8 Å². The van der Waals surface area contributed by atoms with E-state index < -0.39 is 14.9 Å². The van der Waals surface area contributed by atoms with Crippen LogP contribution in [0.4, 0.5) is 5.69 Å². The van der Waals surface area contributed by atoms with Crippen LogP contribution in [0.15, 0.2) is 17.0 Å². The second-order valence-electron chi connectivity index (χ2n) is 6.89. The fourth-order valence-electron chi connectivity index (χ4n) is 3.10. The lowest BCUT2D eigenvalue weighted by atomic mass is 9.81. The van der Waals surface area contributed by atoms with E-state index in [2.05, 4.69) is 0 Å². The van der Waals surface area contributed by atoms with Gasteiger partial charge in [-0.05, 0) is 36.8 Å². The Bertz CT molecular complexity index is 720. The molecule has 2 N–H and O–H groups in total. The second-order valence-corrected chi connectivity index (χ2v) is 8.76. The molecule has 2 rings (SSSR count). The minimum atomic E-state index is -3.71. The quantitative estimate of drug-likeness (QED) is 0.668. The summed E-state index contributed by atoms with van der Waals surface area (Å²) in [5, 5.41) is 10.9. The molecule has 7 nitrogen and oxygen atoms in total. The van der Waals surface area contributed by atoms with Crippen LogP contribution in [0.25, 0.3) is 0 Å². The number of aryl methyl sites for hydroxylation is 2. The molecule has 8 heteroatoms. The summed E-state index contributed by atoms with van der Waals surface area (Å²) < 4.78 is 27.5. The number of hydrogen-bond donors (Lipinski definition) is 1. The third kappa shape index (κ3) is 3.24. The molecular weight excluding hydrogens is 318 g/mol. The zero-order valence-corrected chi connectivity index (χ0v) is 14.7. The summed E-state index contributed by atoms with van der Waals surface area (Å²) in [7, 11) is -3.71. The zero-order valence-electron chi connectivity index (χ0n) is 13.9. The average Bonchev–Trinajstić information content (AvgIpc) is 2.40. The summed E-state index contributed by atoms with van der Waals surface area (Å²) in [4.78, 5) is 10.6. The largest absolute Gasteiger partial charge is 0.327 e. The molecule has 0 spiro atoms. The standard InChI is InChI=1S/C15H23N3O4S/c1-10-7-12(18(19)20)8-11(2)14(10)23(21,22)17-6-5-13(16)15(3,4)9-17/h7-8,13H,5-6,9,16H2,1-4H3. The second kappa shape index (κ2) is 5.85. The van der Waals surface area contributed by atoms with Gasteiger partial charge in [0, 0.05) is 31.3 Å². The third-order valence-corrected chi connectivity index (χ3v) is 6.68. The molecule has 1 aliphatic heterocycles. The molecule has 1 saturated heterocycles. The first-order valence-electron chi connectivity index (χ1n) is 7.48. The maximum atomic E-state index is 13.0. The van der Waals surface area contributed by atoms with E-state index in [0.717, 1.165) is 0 Å². The van der Waals surface area contributed by atoms with Gasteiger partial charge in [-0.1, -0.05) is 13.8 Å². The number of sulfonamides is 1. The molecule has 1 aromatic carbocycles. The molecule has 1 atom stereocenters. The van der Waals surface area contributed by atoms with Gasteiger partial charge in [-0.2, -0.15) is 4.31 Å². The Hall–Kier alpha value is -1.51. The number of nitro benzene ring substituents is 1. The van der Waals surface area contributed by atoms with Crippen molar-refractivity contribution in [2.24, 2.45) is 11.1 Å². The first-order valence-corrected chi connectivity index (χ1v) is 8.92. The van der Waals surface area contributed by atoms with Crippen LogP contribution in [0.3, 0.4) is 0 Å². The highest BCUT2D eigenvalue weighted by Crippen LogP contribution is 2.34. The fourth-order valence-corrected chi connectivity index (χ4v) is 5.14. The van der Waals surface area contributed by atoms with Crippen molar-refractivity contribution in [3.8, 4) is 0 Å². The van der Waals surface area contributed by atoms with Crippen LogP contribution >= 0.6 is 0 Å². The highest BCUT2D eigenvalue weighted by Gasteiger charge is 2.39. The summed E-state index contributed by atoms with van der Waals surface area (Å²) in [6, 6.07) is 2.56. The maximum Gasteiger partial charge on any atom is 0.270 e. The average molecular weight is 341 g/mol. The van der Waals surface area contributed by atoms with Gasteiger partial charge in [0.1, 0.15) is 0 Å². The molecule has 128 valence electrons. The summed E-state index contributed by atoms with van der Waals surface area (Å²) >= 11 is 0. The number of benzene rings is 1. The van der Waals surface area contributed by atoms with Crippen LogP contribution in [-0.4, -0.2) is 36.8 Å². The number of nitrogens with zero attached hydrogens (tertiary/aromatic N) is 2. The van der Waals surface area contributed by atoms with Gasteiger partial charge in [-0.25, -0.2) is 8.42 Å². The number of non-ortho nitro benzene ring substituents is 1. The van der Waals surface area contributed by atoms with Crippen molar-refractivity contribution in [1.29, 1.82) is 0 Å². The Balaban J connectivity index is 2.47. The molecule has 0 aliphatic carbocycles. The Morgan fingerprint density at radius 2 is 1.83 bits per heavy atom. The van der Waals surface area contributed by atoms with E-state index in [9.17, 15) is 18.5 Å². The van der Waals surface area contributed by atoms with Crippen molar-refractivity contribution in [3.63, 3.8) is 0 Å². The number of hydrogen-bond acceptors (Lipinski definition) is 5. The van der Waals surface area contributed by atoms with Crippen LogP contribution in [-0.2, 0) is 10.0 Å². The molecule has 0 aromatic heterocycles. The lowest BCUT2D eigenvalue weighted by Gasteiger charge is -2.42. The van der Waals surface area contributed by atoms with Crippen molar-refractivity contribution in [2.45, 2.75) is 45.1 Å². The van der Waals surface area contributed by atoms with E-state index >= 15 is 0 Å². The van der Waals surface area contributed by atoms with Crippen LogP contribution in [0, 0.1) is 29.4 Å². The van der Waals surface area contributed by atoms with Crippen LogP contribution in [0.5, 0.6) is 0 Å². The van der Waals surface area contributed by atoms with Crippen molar-refractivity contribution in [1.82, 2.24) is 4.31 Å². The Morgan fingerprint density at radius 3 is 2.26 bits per heavy atom. The smallest absolute Gasteiger partial charge is 0.270 e.